The van der Waals surface area contributed by atoms with Gasteiger partial charge in [-0.25, -0.2) is 0 Å². The van der Waals surface area contributed by atoms with Gasteiger partial charge in [-0.2, -0.15) is 0 Å². The Morgan fingerprint density at radius 3 is 1.19 bits per heavy atom. The molecule has 0 aromatic carbocycles. The Morgan fingerprint density at radius 2 is 0.819 bits per heavy atom. The number of imide groups is 3. The van der Waals surface area contributed by atoms with Crippen molar-refractivity contribution in [3.63, 3.8) is 0 Å². The molecular weight excluding hydrogens is 961 g/mol. The molecule has 3 aliphatic rings. The van der Waals surface area contributed by atoms with E-state index in [4.69, 9.17) is 29.5 Å². The predicted molar refractivity (Wildman–Crippen MR) is 244 cm³/mol. The van der Waals surface area contributed by atoms with E-state index in [1.165, 1.54) is 27.7 Å². The van der Waals surface area contributed by atoms with Crippen LogP contribution in [0.25, 0.3) is 0 Å². The van der Waals surface area contributed by atoms with Gasteiger partial charge >= 0.3 is 17.9 Å². The van der Waals surface area contributed by atoms with E-state index in [-0.39, 0.29) is 52.7 Å². The van der Waals surface area contributed by atoms with Crippen molar-refractivity contribution in [2.24, 2.45) is 16.2 Å². The van der Waals surface area contributed by atoms with Crippen molar-refractivity contribution in [3.05, 3.63) is 36.5 Å². The lowest BCUT2D eigenvalue weighted by atomic mass is 9.86. The highest BCUT2D eigenvalue weighted by atomic mass is 16.6. The van der Waals surface area contributed by atoms with Gasteiger partial charge in [0.25, 0.3) is 41.4 Å². The number of carbonyl (C=O) groups excluding carboxylic acids is 12. The molecule has 0 aromatic heterocycles. The fraction of sp³-hybridized carbons (Fsp3) is 0.600. The van der Waals surface area contributed by atoms with Gasteiger partial charge in [0.1, 0.15) is 31.8 Å². The molecule has 0 bridgehead atoms. The molecule has 0 fully saturated rings. The lowest BCUT2D eigenvalue weighted by Gasteiger charge is -2.31. The first-order chi connectivity index (χ1) is 33.6. The third-order valence-electron chi connectivity index (χ3n) is 10.3. The minimum absolute atomic E-state index is 0.0117. The summed E-state index contributed by atoms with van der Waals surface area (Å²) < 4.78 is 14.9. The summed E-state index contributed by atoms with van der Waals surface area (Å²) in [6.07, 6.45) is 3.21. The van der Waals surface area contributed by atoms with Gasteiger partial charge in [-0.15, -0.1) is 0 Å². The number of esters is 3. The summed E-state index contributed by atoms with van der Waals surface area (Å²) in [5.74, 6) is -7.98. The molecule has 9 amide bonds. The van der Waals surface area contributed by atoms with Gasteiger partial charge in [0.2, 0.25) is 11.8 Å². The highest BCUT2D eigenvalue weighted by Crippen LogP contribution is 2.24. The van der Waals surface area contributed by atoms with Crippen LogP contribution in [-0.4, -0.2) is 214 Å². The molecule has 0 aliphatic carbocycles. The first-order valence-corrected chi connectivity index (χ1v) is 22.3. The van der Waals surface area contributed by atoms with E-state index < -0.39 is 132 Å². The van der Waals surface area contributed by atoms with Crippen LogP contribution >= 0.6 is 0 Å². The average Bonchev–Trinajstić information content (AvgIpc) is 3.95. The molecule has 0 saturated carbocycles. The van der Waals surface area contributed by atoms with E-state index in [0.29, 0.717) is 24.2 Å². The number of amides is 9. The largest absolute Gasteiger partial charge is 0.464 e. The molecule has 9 N–H and O–H groups in total. The number of ether oxygens (including phenoxy) is 3. The van der Waals surface area contributed by atoms with Crippen molar-refractivity contribution in [2.45, 2.75) is 79.1 Å². The highest BCUT2D eigenvalue weighted by molar-refractivity contribution is 6.15. The van der Waals surface area contributed by atoms with Crippen LogP contribution < -0.4 is 16.0 Å². The van der Waals surface area contributed by atoms with Crippen LogP contribution in [0.15, 0.2) is 36.5 Å². The highest BCUT2D eigenvalue weighted by Gasteiger charge is 2.40. The molecule has 402 valence electrons. The maximum Gasteiger partial charge on any atom is 0.327 e. The van der Waals surface area contributed by atoms with Crippen molar-refractivity contribution in [3.8, 4) is 0 Å². The molecule has 27 nitrogen and oxygen atoms in total. The van der Waals surface area contributed by atoms with Crippen LogP contribution in [0.3, 0.4) is 0 Å². The number of carbonyl (C=O) groups is 12. The summed E-state index contributed by atoms with van der Waals surface area (Å²) in [6, 6.07) is 0. The van der Waals surface area contributed by atoms with Gasteiger partial charge in [0.15, 0.2) is 6.10 Å². The summed E-state index contributed by atoms with van der Waals surface area (Å²) in [4.78, 5) is 141. The van der Waals surface area contributed by atoms with E-state index in [2.05, 4.69) is 16.0 Å². The van der Waals surface area contributed by atoms with E-state index in [1.54, 1.807) is 13.8 Å². The van der Waals surface area contributed by atoms with E-state index in [0.717, 1.165) is 46.3 Å². The summed E-state index contributed by atoms with van der Waals surface area (Å²) in [5.41, 5.74) is -3.11. The number of hydrogen-bond donors (Lipinski definition) is 9. The topological polar surface area (TPSA) is 400 Å². The molecule has 72 heavy (non-hydrogen) atoms. The molecule has 3 atom stereocenters. The molecule has 27 heteroatoms. The van der Waals surface area contributed by atoms with Crippen molar-refractivity contribution >= 4 is 71.1 Å². The zero-order chi connectivity index (χ0) is 55.0. The second-order valence-corrected chi connectivity index (χ2v) is 18.0. The summed E-state index contributed by atoms with van der Waals surface area (Å²) in [5, 5.41) is 63.1. The normalized spacial score (nSPS) is 15.6. The molecule has 0 saturated heterocycles. The molecule has 3 aliphatic heterocycles. The molecule has 0 radical (unpaired) electrons. The van der Waals surface area contributed by atoms with Gasteiger partial charge in [0, 0.05) is 85.5 Å². The van der Waals surface area contributed by atoms with Crippen LogP contribution in [0.1, 0.15) is 60.8 Å². The zero-order valence-electron chi connectivity index (χ0n) is 41.0. The number of rotatable bonds is 27. The Labute approximate surface area is 414 Å². The van der Waals surface area contributed by atoms with Crippen LogP contribution in [0, 0.1) is 16.2 Å². The summed E-state index contributed by atoms with van der Waals surface area (Å²) >= 11 is 0. The molecule has 0 aromatic rings. The zero-order valence-corrected chi connectivity index (χ0v) is 41.0. The maximum absolute atomic E-state index is 12.2. The Bertz CT molecular complexity index is 2030. The van der Waals surface area contributed by atoms with Gasteiger partial charge in [0.05, 0.1) is 26.4 Å². The fourth-order valence-electron chi connectivity index (χ4n) is 5.54. The van der Waals surface area contributed by atoms with E-state index >= 15 is 0 Å². The standard InChI is InChI=1S/3C15H22N2O7/c1-15(2,9-18)13(22)14(23)16-6-3-7-24-12(21)8-17-10(19)4-5-11(17)20;1-15(2,13(22)14(23)16-6-3-7-18)9-24-12(21)8-17-10(19)4-5-11(17)20;1-15(2,9-19)13(14(23)16-6-3-7-18)24-12(22)8-17-10(20)4-5-11(17)21/h2*4-5,13,18,22H,3,6-9H2,1-2H3,(H,16,23);4-5,13,18-19H,3,6-9H2,1-2H3,(H,16,23). The SMILES string of the molecule is CC(C)(CO)C(O)C(=O)NCCCOC(=O)CN1C(=O)C=CC1=O.CC(C)(CO)C(OC(=O)CN1C(=O)C=CC1=O)C(=O)NCCCO.CC(C)(COC(=O)CN1C(=O)C=CC1=O)C(O)C(=O)NCCCO. The minimum atomic E-state index is -1.43. The summed E-state index contributed by atoms with van der Waals surface area (Å²) in [6.45, 7) is 6.93. The van der Waals surface area contributed by atoms with E-state index in [1.807, 2.05) is 0 Å². The average molecular weight is 1030 g/mol. The second-order valence-electron chi connectivity index (χ2n) is 18.0. The van der Waals surface area contributed by atoms with Crippen molar-refractivity contribution in [1.82, 2.24) is 30.7 Å². The fourth-order valence-corrected chi connectivity index (χ4v) is 5.54. The second kappa shape index (κ2) is 30.2. The van der Waals surface area contributed by atoms with Crippen LogP contribution in [-0.2, 0) is 71.7 Å². The first-order valence-electron chi connectivity index (χ1n) is 22.3. The Morgan fingerprint density at radius 1 is 0.486 bits per heavy atom. The van der Waals surface area contributed by atoms with Gasteiger partial charge in [-0.3, -0.25) is 72.2 Å². The van der Waals surface area contributed by atoms with Crippen molar-refractivity contribution < 1.29 is 102 Å². The maximum atomic E-state index is 12.2. The molecule has 3 unspecified atom stereocenters. The van der Waals surface area contributed by atoms with E-state index in [9.17, 15) is 72.9 Å². The monoisotopic (exact) mass is 1030 g/mol. The Balaban J connectivity index is 0.000000540. The number of aliphatic hydroxyl groups excluding tert-OH is 6. The molecule has 0 spiro atoms. The molecule has 3 rings (SSSR count). The predicted octanol–water partition coefficient (Wildman–Crippen LogP) is -4.98. The van der Waals surface area contributed by atoms with Crippen LogP contribution in [0.5, 0.6) is 0 Å². The number of nitrogens with one attached hydrogen (secondary N) is 3. The van der Waals surface area contributed by atoms with Gasteiger partial charge < -0.3 is 60.8 Å². The first kappa shape index (κ1) is 63.2. The van der Waals surface area contributed by atoms with Crippen LogP contribution in [0.2, 0.25) is 0 Å². The minimum Gasteiger partial charge on any atom is -0.464 e. The van der Waals surface area contributed by atoms with Crippen LogP contribution in [0.4, 0.5) is 0 Å². The lowest BCUT2D eigenvalue weighted by molar-refractivity contribution is -0.167. The number of aliphatic hydroxyl groups is 6. The number of nitrogens with zero attached hydrogens (tertiary/aromatic N) is 3. The molecule has 3 heterocycles. The smallest absolute Gasteiger partial charge is 0.327 e. The third-order valence-corrected chi connectivity index (χ3v) is 10.3. The summed E-state index contributed by atoms with van der Waals surface area (Å²) in [7, 11) is 0. The lowest BCUT2D eigenvalue weighted by Crippen LogP contribution is -2.49. The van der Waals surface area contributed by atoms with Crippen molar-refractivity contribution in [1.29, 1.82) is 0 Å². The molecular formula is C45H66N6O21. The number of hydrogen-bond acceptors (Lipinski definition) is 21. The Kier molecular flexibility index (Phi) is 26.5. The Hall–Kier alpha value is -6.78. The van der Waals surface area contributed by atoms with Crippen molar-refractivity contribution in [2.75, 3.05) is 78.9 Å². The third kappa shape index (κ3) is 20.9. The quantitative estimate of drug-likeness (QED) is 0.0161. The van der Waals surface area contributed by atoms with Gasteiger partial charge in [-0.05, 0) is 19.3 Å². The van der Waals surface area contributed by atoms with Gasteiger partial charge in [-0.1, -0.05) is 41.5 Å².